The molecule has 38 heavy (non-hydrogen) atoms. The fourth-order valence-electron chi connectivity index (χ4n) is 5.54. The van der Waals surface area contributed by atoms with Gasteiger partial charge in [0.15, 0.2) is 0 Å². The first-order valence-corrected chi connectivity index (χ1v) is 12.9. The van der Waals surface area contributed by atoms with E-state index >= 15 is 0 Å². The number of piperidine rings is 2. The number of imide groups is 1. The molecule has 2 fully saturated rings. The third-order valence-electron chi connectivity index (χ3n) is 7.54. The molecule has 1 aromatic heterocycles. The number of hydrogen-bond acceptors (Lipinski definition) is 7. The van der Waals surface area contributed by atoms with Gasteiger partial charge in [0.25, 0.3) is 11.8 Å². The third kappa shape index (κ3) is 4.46. The summed E-state index contributed by atoms with van der Waals surface area (Å²) in [7, 11) is 0. The second kappa shape index (κ2) is 9.85. The number of benzene rings is 2. The van der Waals surface area contributed by atoms with Crippen LogP contribution in [0.15, 0.2) is 48.8 Å². The molecule has 0 radical (unpaired) electrons. The van der Waals surface area contributed by atoms with Gasteiger partial charge in [-0.05, 0) is 67.6 Å². The SMILES string of the molecule is O=C1CCC(N2Cc3cc(OC[C@@H]4CCCCN4C(=O)c4ccc5nccnc5c4)ccc3C2=O)C(=O)N1. The van der Waals surface area contributed by atoms with Crippen molar-refractivity contribution in [2.75, 3.05) is 13.2 Å². The normalized spacial score (nSPS) is 21.4. The zero-order chi connectivity index (χ0) is 26.2. The summed E-state index contributed by atoms with van der Waals surface area (Å²) in [5.41, 5.74) is 3.33. The van der Waals surface area contributed by atoms with Gasteiger partial charge >= 0.3 is 0 Å². The van der Waals surface area contributed by atoms with Crippen LogP contribution in [0.2, 0.25) is 0 Å². The van der Waals surface area contributed by atoms with Crippen LogP contribution in [0.25, 0.3) is 11.0 Å². The highest BCUT2D eigenvalue weighted by Gasteiger charge is 2.39. The van der Waals surface area contributed by atoms with Crippen LogP contribution < -0.4 is 10.1 Å². The molecule has 1 N–H and O–H groups in total. The molecule has 0 spiro atoms. The average molecular weight is 514 g/mol. The summed E-state index contributed by atoms with van der Waals surface area (Å²) in [5, 5.41) is 2.32. The van der Waals surface area contributed by atoms with Crippen molar-refractivity contribution in [2.45, 2.75) is 50.7 Å². The number of aromatic nitrogens is 2. The van der Waals surface area contributed by atoms with E-state index in [4.69, 9.17) is 4.74 Å². The van der Waals surface area contributed by atoms with E-state index in [0.717, 1.165) is 30.3 Å². The number of likely N-dealkylation sites (tertiary alicyclic amines) is 1. The van der Waals surface area contributed by atoms with E-state index in [0.29, 0.717) is 42.0 Å². The second-order valence-electron chi connectivity index (χ2n) is 9.94. The predicted molar refractivity (Wildman–Crippen MR) is 136 cm³/mol. The molecular formula is C28H27N5O5. The van der Waals surface area contributed by atoms with Gasteiger partial charge in [0.2, 0.25) is 11.8 Å². The van der Waals surface area contributed by atoms with E-state index in [1.54, 1.807) is 36.7 Å². The van der Waals surface area contributed by atoms with Gasteiger partial charge in [-0.15, -0.1) is 0 Å². The zero-order valence-electron chi connectivity index (χ0n) is 20.8. The van der Waals surface area contributed by atoms with Crippen molar-refractivity contribution in [3.63, 3.8) is 0 Å². The lowest BCUT2D eigenvalue weighted by molar-refractivity contribution is -0.136. The molecule has 0 aliphatic carbocycles. The van der Waals surface area contributed by atoms with Crippen LogP contribution >= 0.6 is 0 Å². The van der Waals surface area contributed by atoms with Crippen LogP contribution in [0.1, 0.15) is 58.4 Å². The number of amides is 4. The highest BCUT2D eigenvalue weighted by atomic mass is 16.5. The number of fused-ring (bicyclic) bond motifs is 2. The minimum absolute atomic E-state index is 0.0507. The van der Waals surface area contributed by atoms with E-state index in [2.05, 4.69) is 15.3 Å². The lowest BCUT2D eigenvalue weighted by atomic mass is 10.0. The number of carbonyl (C=O) groups is 4. The Morgan fingerprint density at radius 2 is 1.84 bits per heavy atom. The Hall–Kier alpha value is -4.34. The first-order valence-electron chi connectivity index (χ1n) is 12.9. The van der Waals surface area contributed by atoms with Gasteiger partial charge in [0, 0.05) is 43.0 Å². The molecule has 2 atom stereocenters. The molecule has 2 aromatic carbocycles. The topological polar surface area (TPSA) is 122 Å². The van der Waals surface area contributed by atoms with Gasteiger partial charge in [-0.1, -0.05) is 0 Å². The Labute approximate surface area is 219 Å². The summed E-state index contributed by atoms with van der Waals surface area (Å²) < 4.78 is 6.14. The zero-order valence-corrected chi connectivity index (χ0v) is 20.8. The lowest BCUT2D eigenvalue weighted by Gasteiger charge is -2.35. The van der Waals surface area contributed by atoms with Gasteiger partial charge in [0.05, 0.1) is 17.1 Å². The molecule has 0 bridgehead atoms. The van der Waals surface area contributed by atoms with Crippen molar-refractivity contribution in [2.24, 2.45) is 0 Å². The van der Waals surface area contributed by atoms with Gasteiger partial charge in [-0.2, -0.15) is 0 Å². The maximum absolute atomic E-state index is 13.4. The largest absolute Gasteiger partial charge is 0.491 e. The number of hydrogen-bond donors (Lipinski definition) is 1. The fourth-order valence-corrected chi connectivity index (χ4v) is 5.54. The van der Waals surface area contributed by atoms with Crippen molar-refractivity contribution in [1.82, 2.24) is 25.1 Å². The minimum atomic E-state index is -0.653. The van der Waals surface area contributed by atoms with Gasteiger partial charge in [-0.3, -0.25) is 34.5 Å². The summed E-state index contributed by atoms with van der Waals surface area (Å²) in [6, 6.07) is 9.95. The monoisotopic (exact) mass is 513 g/mol. The fraction of sp³-hybridized carbons (Fsp3) is 0.357. The Kier molecular flexibility index (Phi) is 6.22. The predicted octanol–water partition coefficient (Wildman–Crippen LogP) is 2.46. The molecule has 10 nitrogen and oxygen atoms in total. The van der Waals surface area contributed by atoms with Crippen molar-refractivity contribution in [3.05, 3.63) is 65.5 Å². The van der Waals surface area contributed by atoms with Crippen LogP contribution in [-0.4, -0.2) is 68.6 Å². The van der Waals surface area contributed by atoms with Gasteiger partial charge in [-0.25, -0.2) is 0 Å². The van der Waals surface area contributed by atoms with Crippen LogP contribution in [-0.2, 0) is 16.1 Å². The molecule has 6 rings (SSSR count). The van der Waals surface area contributed by atoms with Gasteiger partial charge in [0.1, 0.15) is 18.4 Å². The van der Waals surface area contributed by atoms with E-state index in [9.17, 15) is 19.2 Å². The molecule has 10 heteroatoms. The minimum Gasteiger partial charge on any atom is -0.491 e. The van der Waals surface area contributed by atoms with Crippen molar-refractivity contribution < 1.29 is 23.9 Å². The van der Waals surface area contributed by atoms with Crippen LogP contribution in [0.5, 0.6) is 5.75 Å². The van der Waals surface area contributed by atoms with Crippen molar-refractivity contribution in [1.29, 1.82) is 0 Å². The molecule has 194 valence electrons. The maximum Gasteiger partial charge on any atom is 0.255 e. The Morgan fingerprint density at radius 1 is 1.00 bits per heavy atom. The maximum atomic E-state index is 13.4. The molecular weight excluding hydrogens is 486 g/mol. The first kappa shape index (κ1) is 24.0. The number of nitrogens with zero attached hydrogens (tertiary/aromatic N) is 4. The van der Waals surface area contributed by atoms with Crippen LogP contribution in [0, 0.1) is 0 Å². The van der Waals surface area contributed by atoms with Crippen LogP contribution in [0.3, 0.4) is 0 Å². The van der Waals surface area contributed by atoms with E-state index in [1.165, 1.54) is 4.90 Å². The molecule has 0 saturated carbocycles. The highest BCUT2D eigenvalue weighted by molar-refractivity contribution is 6.05. The third-order valence-corrected chi connectivity index (χ3v) is 7.54. The van der Waals surface area contributed by atoms with Gasteiger partial charge < -0.3 is 14.5 Å². The summed E-state index contributed by atoms with van der Waals surface area (Å²) in [6.45, 7) is 1.28. The average Bonchev–Trinajstić information content (AvgIpc) is 3.26. The summed E-state index contributed by atoms with van der Waals surface area (Å²) in [6.07, 6.45) is 6.57. The van der Waals surface area contributed by atoms with E-state index in [1.807, 2.05) is 17.0 Å². The molecule has 3 aliphatic heterocycles. The Bertz CT molecular complexity index is 1460. The summed E-state index contributed by atoms with van der Waals surface area (Å²) in [4.78, 5) is 62.1. The highest BCUT2D eigenvalue weighted by Crippen LogP contribution is 2.31. The number of ether oxygens (including phenoxy) is 1. The quantitative estimate of drug-likeness (QED) is 0.520. The van der Waals surface area contributed by atoms with E-state index < -0.39 is 11.9 Å². The second-order valence-corrected chi connectivity index (χ2v) is 9.94. The number of rotatable bonds is 5. The Balaban J connectivity index is 1.14. The van der Waals surface area contributed by atoms with Crippen molar-refractivity contribution in [3.8, 4) is 5.75 Å². The van der Waals surface area contributed by atoms with Crippen LogP contribution in [0.4, 0.5) is 0 Å². The molecule has 4 heterocycles. The molecule has 2 saturated heterocycles. The smallest absolute Gasteiger partial charge is 0.255 e. The number of nitrogens with one attached hydrogen (secondary N) is 1. The van der Waals surface area contributed by atoms with E-state index in [-0.39, 0.29) is 36.7 Å². The summed E-state index contributed by atoms with van der Waals surface area (Å²) in [5.74, 6) is -0.397. The first-order chi connectivity index (χ1) is 18.5. The molecule has 3 aromatic rings. The molecule has 1 unspecified atom stereocenters. The molecule has 4 amide bonds. The molecule has 3 aliphatic rings. The van der Waals surface area contributed by atoms with Crippen molar-refractivity contribution >= 4 is 34.7 Å². The lowest BCUT2D eigenvalue weighted by Crippen LogP contribution is -2.52. The Morgan fingerprint density at radius 3 is 2.68 bits per heavy atom. The standard InChI is InChI=1S/C28H27N5O5/c34-25-9-8-24(26(35)31-25)33-15-18-13-20(5-6-21(18)28(33)37)38-16-19-3-1-2-12-32(19)27(36)17-4-7-22-23(14-17)30-11-10-29-22/h4-7,10-11,13-14,19,24H,1-3,8-9,12,15-16H2,(H,31,34,35)/t19-,24?/m0/s1. The summed E-state index contributed by atoms with van der Waals surface area (Å²) >= 11 is 0. The number of carbonyl (C=O) groups excluding carboxylic acids is 4.